The summed E-state index contributed by atoms with van der Waals surface area (Å²) in [6.07, 6.45) is 0. The first kappa shape index (κ1) is 19.4. The topological polar surface area (TPSA) is 51.3 Å². The molecule has 144 valence electrons. The molecule has 1 atom stereocenters. The summed E-state index contributed by atoms with van der Waals surface area (Å²) in [5.74, 6) is 0.0164. The van der Waals surface area contributed by atoms with E-state index in [1.165, 1.54) is 4.70 Å². The number of nitrogens with two attached hydrogens (primary N) is 1. The smallest absolute Gasteiger partial charge is 0.193 e. The monoisotopic (exact) mass is 417 g/mol. The van der Waals surface area contributed by atoms with E-state index in [4.69, 9.17) is 22.3 Å². The van der Waals surface area contributed by atoms with E-state index in [0.29, 0.717) is 5.69 Å². The zero-order chi connectivity index (χ0) is 20.4. The first-order valence-corrected chi connectivity index (χ1v) is 10.5. The van der Waals surface area contributed by atoms with Gasteiger partial charge in [0.05, 0.1) is 15.9 Å². The highest BCUT2D eigenvalue weighted by Gasteiger charge is 2.21. The minimum Gasteiger partial charge on any atom is -0.374 e. The van der Waals surface area contributed by atoms with E-state index in [0.717, 1.165) is 32.8 Å². The van der Waals surface area contributed by atoms with Crippen molar-refractivity contribution in [2.75, 3.05) is 0 Å². The van der Waals surface area contributed by atoms with Crippen LogP contribution in [-0.4, -0.2) is 10.3 Å². The third-order valence-corrected chi connectivity index (χ3v) is 6.18. The molecular weight excluding hydrogens is 398 g/mol. The van der Waals surface area contributed by atoms with E-state index < -0.39 is 0 Å². The Balaban J connectivity index is 1.85. The Morgan fingerprint density at radius 3 is 2.48 bits per heavy atom. The molecule has 3 aromatic carbocycles. The normalized spacial score (nSPS) is 12.8. The van der Waals surface area contributed by atoms with Gasteiger partial charge in [-0.1, -0.05) is 68.1 Å². The summed E-state index contributed by atoms with van der Waals surface area (Å²) in [6.45, 7) is 6.56. The molecule has 0 aliphatic heterocycles. The fourth-order valence-electron chi connectivity index (χ4n) is 3.38. The molecule has 2 N–H and O–H groups in total. The fourth-order valence-corrected chi connectivity index (χ4v) is 4.53. The molecule has 5 heteroatoms. The van der Waals surface area contributed by atoms with Crippen LogP contribution in [0.5, 0.6) is 0 Å². The molecule has 0 spiro atoms. The van der Waals surface area contributed by atoms with Crippen molar-refractivity contribution < 1.29 is 0 Å². The van der Waals surface area contributed by atoms with Crippen molar-refractivity contribution in [1.29, 1.82) is 0 Å². The number of halogens is 1. The molecular formula is C24H20ClN3S. The zero-order valence-electron chi connectivity index (χ0n) is 16.0. The number of rotatable bonds is 5. The fraction of sp³-hybridized carbons (Fsp3) is 0.0833. The van der Waals surface area contributed by atoms with Gasteiger partial charge < -0.3 is 5.73 Å². The number of aliphatic imine (C=N–C) groups is 1. The van der Waals surface area contributed by atoms with Crippen molar-refractivity contribution in [3.8, 4) is 11.1 Å². The van der Waals surface area contributed by atoms with Gasteiger partial charge in [-0.3, -0.25) is 0 Å². The van der Waals surface area contributed by atoms with Crippen LogP contribution in [0.25, 0.3) is 26.9 Å². The van der Waals surface area contributed by atoms with Crippen molar-refractivity contribution >= 4 is 49.7 Å². The predicted molar refractivity (Wildman–Crippen MR) is 126 cm³/mol. The molecule has 3 nitrogen and oxygen atoms in total. The van der Waals surface area contributed by atoms with Crippen LogP contribution in [0.4, 0.5) is 5.69 Å². The van der Waals surface area contributed by atoms with E-state index in [1.807, 2.05) is 48.5 Å². The van der Waals surface area contributed by atoms with Gasteiger partial charge in [0.1, 0.15) is 5.01 Å². The van der Waals surface area contributed by atoms with E-state index in [-0.39, 0.29) is 11.2 Å². The summed E-state index contributed by atoms with van der Waals surface area (Å²) >= 11 is 7.62. The molecule has 1 unspecified atom stereocenters. The van der Waals surface area contributed by atoms with E-state index in [9.17, 15) is 0 Å². The van der Waals surface area contributed by atoms with E-state index in [1.54, 1.807) is 11.3 Å². The highest BCUT2D eigenvalue weighted by molar-refractivity contribution is 7.18. The number of allylic oxidation sites excluding steroid dienone is 1. The molecule has 4 rings (SSSR count). The van der Waals surface area contributed by atoms with Crippen molar-refractivity contribution in [2.45, 2.75) is 12.8 Å². The quantitative estimate of drug-likeness (QED) is 0.216. The molecule has 0 amide bonds. The number of nitrogens with zero attached hydrogens (tertiary/aromatic N) is 2. The predicted octanol–water partition coefficient (Wildman–Crippen LogP) is 6.97. The SMILES string of the molecule is C=C(c1c(/N=C(\N)Cl)cccc1-c1ccccc1)C(C)c1nc2ccccc2s1. The maximum Gasteiger partial charge on any atom is 0.193 e. The van der Waals surface area contributed by atoms with Crippen molar-refractivity contribution in [1.82, 2.24) is 4.98 Å². The van der Waals surface area contributed by atoms with Gasteiger partial charge in [0.25, 0.3) is 0 Å². The van der Waals surface area contributed by atoms with Gasteiger partial charge in [0.2, 0.25) is 0 Å². The minimum absolute atomic E-state index is 0.00287. The van der Waals surface area contributed by atoms with Crippen molar-refractivity contribution in [2.24, 2.45) is 10.7 Å². The van der Waals surface area contributed by atoms with Gasteiger partial charge in [-0.15, -0.1) is 11.3 Å². The minimum atomic E-state index is -0.00287. The van der Waals surface area contributed by atoms with Crippen LogP contribution in [0.3, 0.4) is 0 Å². The molecule has 0 fully saturated rings. The number of thiazole rings is 1. The lowest BCUT2D eigenvalue weighted by Crippen LogP contribution is -2.03. The average Bonchev–Trinajstić information content (AvgIpc) is 3.17. The van der Waals surface area contributed by atoms with E-state index in [2.05, 4.69) is 42.8 Å². The molecule has 1 heterocycles. The van der Waals surface area contributed by atoms with Crippen LogP contribution < -0.4 is 5.73 Å². The standard InChI is InChI=1S/C24H20ClN3S/c1-15(16(2)23-27-19-12-6-7-14-21(19)29-23)22-18(17-9-4-3-5-10-17)11-8-13-20(22)28-24(25)26/h3-14,16H,1H2,2H3,(H2,26,28). The first-order valence-electron chi connectivity index (χ1n) is 9.27. The van der Waals surface area contributed by atoms with Crippen molar-refractivity contribution in [3.05, 3.63) is 89.9 Å². The first-order chi connectivity index (χ1) is 14.0. The Morgan fingerprint density at radius 1 is 1.03 bits per heavy atom. The highest BCUT2D eigenvalue weighted by Crippen LogP contribution is 2.43. The number of hydrogen-bond donors (Lipinski definition) is 1. The molecule has 4 aromatic rings. The summed E-state index contributed by atoms with van der Waals surface area (Å²) in [6, 6.07) is 24.3. The lowest BCUT2D eigenvalue weighted by Gasteiger charge is -2.19. The van der Waals surface area contributed by atoms with Crippen LogP contribution in [0.15, 0.2) is 84.4 Å². The summed E-state index contributed by atoms with van der Waals surface area (Å²) in [7, 11) is 0. The second-order valence-corrected chi connectivity index (χ2v) is 8.22. The number of aromatic nitrogens is 1. The molecule has 0 radical (unpaired) electrons. The second-order valence-electron chi connectivity index (χ2n) is 6.77. The Kier molecular flexibility index (Phi) is 5.47. The second kappa shape index (κ2) is 8.19. The van der Waals surface area contributed by atoms with Crippen LogP contribution in [-0.2, 0) is 0 Å². The summed E-state index contributed by atoms with van der Waals surface area (Å²) in [5.41, 5.74) is 11.4. The molecule has 29 heavy (non-hydrogen) atoms. The molecule has 0 saturated carbocycles. The number of fused-ring (bicyclic) bond motifs is 1. The number of benzene rings is 3. The zero-order valence-corrected chi connectivity index (χ0v) is 17.5. The largest absolute Gasteiger partial charge is 0.374 e. The Hall–Kier alpha value is -2.95. The summed E-state index contributed by atoms with van der Waals surface area (Å²) < 4.78 is 1.17. The maximum absolute atomic E-state index is 5.93. The molecule has 0 aliphatic rings. The van der Waals surface area contributed by atoms with E-state index >= 15 is 0 Å². The maximum atomic E-state index is 5.93. The van der Waals surface area contributed by atoms with Crippen LogP contribution >= 0.6 is 22.9 Å². The van der Waals surface area contributed by atoms with Gasteiger partial charge in [0.15, 0.2) is 5.29 Å². The Labute approximate surface area is 179 Å². The lowest BCUT2D eigenvalue weighted by atomic mass is 9.88. The molecule has 0 bridgehead atoms. The van der Waals surface area contributed by atoms with Gasteiger partial charge in [-0.2, -0.15) is 0 Å². The Morgan fingerprint density at radius 2 is 1.76 bits per heavy atom. The molecule has 0 saturated heterocycles. The third kappa shape index (κ3) is 3.95. The number of amidine groups is 1. The Bertz CT molecular complexity index is 1170. The van der Waals surface area contributed by atoms with Gasteiger partial charge in [-0.25, -0.2) is 9.98 Å². The van der Waals surface area contributed by atoms with Crippen molar-refractivity contribution in [3.63, 3.8) is 0 Å². The van der Waals surface area contributed by atoms with Gasteiger partial charge >= 0.3 is 0 Å². The van der Waals surface area contributed by atoms with Gasteiger partial charge in [0, 0.05) is 11.5 Å². The van der Waals surface area contributed by atoms with Crippen LogP contribution in [0, 0.1) is 0 Å². The lowest BCUT2D eigenvalue weighted by molar-refractivity contribution is 0.975. The molecule has 0 aliphatic carbocycles. The molecule has 1 aromatic heterocycles. The summed E-state index contributed by atoms with van der Waals surface area (Å²) in [5, 5.41) is 1.02. The average molecular weight is 418 g/mol. The third-order valence-electron chi connectivity index (χ3n) is 4.88. The summed E-state index contributed by atoms with van der Waals surface area (Å²) in [4.78, 5) is 9.19. The number of para-hydroxylation sites is 1. The van der Waals surface area contributed by atoms with Gasteiger partial charge in [-0.05, 0) is 46.5 Å². The van der Waals surface area contributed by atoms with Crippen LogP contribution in [0.1, 0.15) is 23.4 Å². The highest BCUT2D eigenvalue weighted by atomic mass is 35.5. The number of hydrogen-bond acceptors (Lipinski definition) is 3. The van der Waals surface area contributed by atoms with Crippen LogP contribution in [0.2, 0.25) is 0 Å².